The molecule has 0 aromatic heterocycles. The average Bonchev–Trinajstić information content (AvgIpc) is 3.87. The fraction of sp³-hybridized carbons (Fsp3) is 0.543. The van der Waals surface area contributed by atoms with E-state index in [0.29, 0.717) is 30.8 Å². The number of ether oxygens (including phenoxy) is 4. The van der Waals surface area contributed by atoms with E-state index in [1.165, 1.54) is 71.9 Å². The molecule has 2 saturated heterocycles. The van der Waals surface area contributed by atoms with Crippen molar-refractivity contribution < 1.29 is 18.9 Å². The number of rotatable bonds is 10. The largest absolute Gasteiger partial charge is 0.491 e. The zero-order valence-corrected chi connectivity index (χ0v) is 24.1. The Labute approximate surface area is 234 Å². The van der Waals surface area contributed by atoms with E-state index in [4.69, 9.17) is 18.9 Å². The molecule has 2 aromatic rings. The molecule has 4 heteroatoms. The Morgan fingerprint density at radius 2 is 1.15 bits per heavy atom. The quantitative estimate of drug-likeness (QED) is 0.294. The van der Waals surface area contributed by atoms with Crippen LogP contribution in [0.1, 0.15) is 74.6 Å². The number of allylic oxidation sites excluding steroid dienone is 4. The summed E-state index contributed by atoms with van der Waals surface area (Å²) in [6.45, 7) is 12.5. The minimum absolute atomic E-state index is 0.292. The molecule has 0 N–H and O–H groups in total. The van der Waals surface area contributed by atoms with Gasteiger partial charge in [-0.1, -0.05) is 38.1 Å². The molecule has 4 unspecified atom stereocenters. The summed E-state index contributed by atoms with van der Waals surface area (Å²) < 4.78 is 22.3. The molecule has 0 amide bonds. The van der Waals surface area contributed by atoms with Gasteiger partial charge in [0.05, 0.1) is 13.2 Å². The smallest absolute Gasteiger partial charge is 0.119 e. The lowest BCUT2D eigenvalue weighted by Crippen LogP contribution is -2.34. The lowest BCUT2D eigenvalue weighted by atomic mass is 9.61. The van der Waals surface area contributed by atoms with Crippen LogP contribution in [0, 0.1) is 31.1 Å². The van der Waals surface area contributed by atoms with Crippen LogP contribution in [0.3, 0.4) is 0 Å². The predicted molar refractivity (Wildman–Crippen MR) is 157 cm³/mol. The van der Waals surface area contributed by atoms with Crippen LogP contribution < -0.4 is 9.47 Å². The highest BCUT2D eigenvalue weighted by Gasteiger charge is 2.38. The van der Waals surface area contributed by atoms with Gasteiger partial charge in [-0.05, 0) is 127 Å². The van der Waals surface area contributed by atoms with E-state index in [1.54, 1.807) is 0 Å². The second-order valence-electron chi connectivity index (χ2n) is 12.7. The maximum atomic E-state index is 5.89. The molecule has 0 radical (unpaired) electrons. The SMILES string of the molecule is Cc1cc(OCC2CO2)ccc1C1=CCC(C(C)(C)C2CC=C(c3ccc(OCC4CO4)cc3C)CC2)CC1. The summed E-state index contributed by atoms with van der Waals surface area (Å²) in [5.41, 5.74) is 8.75. The van der Waals surface area contributed by atoms with Crippen LogP contribution >= 0.6 is 0 Å². The molecule has 0 bridgehead atoms. The van der Waals surface area contributed by atoms with E-state index in [1.807, 2.05) is 0 Å². The van der Waals surface area contributed by atoms with E-state index in [-0.39, 0.29) is 0 Å². The van der Waals surface area contributed by atoms with Gasteiger partial charge < -0.3 is 18.9 Å². The van der Waals surface area contributed by atoms with Crippen LogP contribution in [-0.2, 0) is 9.47 Å². The summed E-state index contributed by atoms with van der Waals surface area (Å²) in [5, 5.41) is 0. The highest BCUT2D eigenvalue weighted by Crippen LogP contribution is 2.49. The first-order valence-electron chi connectivity index (χ1n) is 15.0. The first kappa shape index (κ1) is 26.7. The molecule has 2 fully saturated rings. The zero-order valence-electron chi connectivity index (χ0n) is 24.1. The molecule has 4 atom stereocenters. The summed E-state index contributed by atoms with van der Waals surface area (Å²) in [7, 11) is 0. The van der Waals surface area contributed by atoms with E-state index < -0.39 is 0 Å². The minimum atomic E-state index is 0.292. The van der Waals surface area contributed by atoms with E-state index in [0.717, 1.165) is 36.5 Å². The van der Waals surface area contributed by atoms with Crippen LogP contribution in [0.2, 0.25) is 0 Å². The number of hydrogen-bond donors (Lipinski definition) is 0. The fourth-order valence-electron chi connectivity index (χ4n) is 6.72. The standard InChI is InChI=1S/C35H44O4/c1-23-17-29(36-19-31-21-38-31)13-15-33(23)25-5-9-27(10-6-25)35(3,4)28-11-7-26(8-12-28)34-16-14-30(18-24(34)2)37-20-32-22-39-32/h5,7,13-18,27-28,31-32H,6,8-12,19-22H2,1-4H3. The molecule has 2 aromatic carbocycles. The maximum Gasteiger partial charge on any atom is 0.119 e. The van der Waals surface area contributed by atoms with Crippen LogP contribution in [0.15, 0.2) is 48.6 Å². The van der Waals surface area contributed by atoms with Gasteiger partial charge >= 0.3 is 0 Å². The molecule has 2 aliphatic carbocycles. The number of benzene rings is 2. The topological polar surface area (TPSA) is 43.5 Å². The molecule has 39 heavy (non-hydrogen) atoms. The normalized spacial score (nSPS) is 26.5. The van der Waals surface area contributed by atoms with Gasteiger partial charge in [0.25, 0.3) is 0 Å². The Hall–Kier alpha value is -2.56. The van der Waals surface area contributed by atoms with Gasteiger partial charge in [0.2, 0.25) is 0 Å². The second-order valence-corrected chi connectivity index (χ2v) is 12.7. The van der Waals surface area contributed by atoms with E-state index >= 15 is 0 Å². The molecule has 2 aliphatic heterocycles. The summed E-state index contributed by atoms with van der Waals surface area (Å²) >= 11 is 0. The van der Waals surface area contributed by atoms with Crippen molar-refractivity contribution in [3.05, 3.63) is 70.8 Å². The Kier molecular flexibility index (Phi) is 7.61. The molecule has 208 valence electrons. The Bertz CT molecular complexity index is 1150. The summed E-state index contributed by atoms with van der Waals surface area (Å²) in [4.78, 5) is 0. The van der Waals surface area contributed by atoms with Crippen molar-refractivity contribution in [2.24, 2.45) is 17.3 Å². The number of aryl methyl sites for hydroxylation is 2. The monoisotopic (exact) mass is 528 g/mol. The lowest BCUT2D eigenvalue weighted by molar-refractivity contribution is 0.0991. The first-order valence-corrected chi connectivity index (χ1v) is 15.0. The second kappa shape index (κ2) is 11.1. The minimum Gasteiger partial charge on any atom is -0.491 e. The van der Waals surface area contributed by atoms with Crippen molar-refractivity contribution in [2.75, 3.05) is 26.4 Å². The molecule has 0 spiro atoms. The third kappa shape index (κ3) is 6.28. The van der Waals surface area contributed by atoms with Crippen LogP contribution in [0.5, 0.6) is 11.5 Å². The molecular formula is C35H44O4. The molecule has 4 aliphatic rings. The van der Waals surface area contributed by atoms with Crippen molar-refractivity contribution >= 4 is 11.1 Å². The van der Waals surface area contributed by atoms with Crippen LogP contribution in [0.25, 0.3) is 11.1 Å². The highest BCUT2D eigenvalue weighted by molar-refractivity contribution is 5.70. The highest BCUT2D eigenvalue weighted by atomic mass is 16.6. The number of epoxide rings is 2. The van der Waals surface area contributed by atoms with E-state index in [9.17, 15) is 0 Å². The number of hydrogen-bond acceptors (Lipinski definition) is 4. The van der Waals surface area contributed by atoms with Gasteiger partial charge in [0.15, 0.2) is 0 Å². The molecule has 4 nitrogen and oxygen atoms in total. The van der Waals surface area contributed by atoms with Crippen LogP contribution in [-0.4, -0.2) is 38.6 Å². The third-order valence-corrected chi connectivity index (χ3v) is 9.69. The van der Waals surface area contributed by atoms with Crippen molar-refractivity contribution in [2.45, 2.75) is 78.4 Å². The molecule has 0 saturated carbocycles. The maximum absolute atomic E-state index is 5.89. The Morgan fingerprint density at radius 3 is 1.49 bits per heavy atom. The van der Waals surface area contributed by atoms with Crippen molar-refractivity contribution in [1.29, 1.82) is 0 Å². The van der Waals surface area contributed by atoms with Crippen molar-refractivity contribution in [3.63, 3.8) is 0 Å². The van der Waals surface area contributed by atoms with Gasteiger partial charge in [-0.25, -0.2) is 0 Å². The third-order valence-electron chi connectivity index (χ3n) is 9.69. The summed E-state index contributed by atoms with van der Waals surface area (Å²) in [6.07, 6.45) is 12.9. The first-order chi connectivity index (χ1) is 18.9. The summed E-state index contributed by atoms with van der Waals surface area (Å²) in [5.74, 6) is 3.37. The zero-order chi connectivity index (χ0) is 27.0. The van der Waals surface area contributed by atoms with Crippen molar-refractivity contribution in [3.8, 4) is 11.5 Å². The van der Waals surface area contributed by atoms with Gasteiger partial charge in [-0.3, -0.25) is 0 Å². The van der Waals surface area contributed by atoms with Crippen molar-refractivity contribution in [1.82, 2.24) is 0 Å². The van der Waals surface area contributed by atoms with E-state index in [2.05, 4.69) is 76.2 Å². The van der Waals surface area contributed by atoms with Gasteiger partial charge in [-0.2, -0.15) is 0 Å². The van der Waals surface area contributed by atoms with Gasteiger partial charge in [-0.15, -0.1) is 0 Å². The average molecular weight is 529 g/mol. The van der Waals surface area contributed by atoms with Crippen LogP contribution in [0.4, 0.5) is 0 Å². The Morgan fingerprint density at radius 1 is 0.718 bits per heavy atom. The molecular weight excluding hydrogens is 484 g/mol. The Balaban J connectivity index is 1.06. The molecule has 2 heterocycles. The van der Waals surface area contributed by atoms with Gasteiger partial charge in [0, 0.05) is 0 Å². The van der Waals surface area contributed by atoms with Gasteiger partial charge in [0.1, 0.15) is 36.9 Å². The molecule has 6 rings (SSSR count). The summed E-state index contributed by atoms with van der Waals surface area (Å²) in [6, 6.07) is 13.1. The fourth-order valence-corrected chi connectivity index (χ4v) is 6.72. The predicted octanol–water partition coefficient (Wildman–Crippen LogP) is 7.95. The lowest BCUT2D eigenvalue weighted by Gasteiger charge is -2.44.